The molecule has 3 rings (SSSR count). The van der Waals surface area contributed by atoms with Crippen molar-refractivity contribution in [2.45, 2.75) is 26.5 Å². The number of nitrogens with one attached hydrogen (secondary N) is 1. The van der Waals surface area contributed by atoms with Crippen LogP contribution < -0.4 is 14.8 Å². The van der Waals surface area contributed by atoms with Crippen molar-refractivity contribution >= 4 is 5.91 Å². The molecule has 1 N–H and O–H groups in total. The largest absolute Gasteiger partial charge is 0.496 e. The lowest BCUT2D eigenvalue weighted by Gasteiger charge is -2.16. The molecule has 0 aromatic heterocycles. The lowest BCUT2D eigenvalue weighted by atomic mass is 10.1. The molecule has 29 heavy (non-hydrogen) atoms. The summed E-state index contributed by atoms with van der Waals surface area (Å²) in [7, 11) is 1.59. The molecule has 150 valence electrons. The zero-order valence-corrected chi connectivity index (χ0v) is 16.7. The summed E-state index contributed by atoms with van der Waals surface area (Å²) in [6.45, 7) is 4.12. The third kappa shape index (κ3) is 5.13. The second kappa shape index (κ2) is 9.24. The van der Waals surface area contributed by atoms with Crippen molar-refractivity contribution in [3.63, 3.8) is 0 Å². The van der Waals surface area contributed by atoms with Crippen LogP contribution in [-0.2, 0) is 6.61 Å². The Morgan fingerprint density at radius 2 is 1.76 bits per heavy atom. The molecule has 1 atom stereocenters. The average Bonchev–Trinajstić information content (AvgIpc) is 2.73. The quantitative estimate of drug-likeness (QED) is 0.599. The Hall–Kier alpha value is -3.34. The van der Waals surface area contributed by atoms with E-state index < -0.39 is 0 Å². The van der Waals surface area contributed by atoms with Crippen LogP contribution in [0, 0.1) is 12.7 Å². The van der Waals surface area contributed by atoms with Crippen LogP contribution in [0.25, 0.3) is 0 Å². The number of halogens is 1. The molecular formula is C24H24FNO3. The van der Waals surface area contributed by atoms with Gasteiger partial charge in [-0.1, -0.05) is 30.3 Å². The molecule has 0 saturated carbocycles. The summed E-state index contributed by atoms with van der Waals surface area (Å²) >= 11 is 0. The fourth-order valence-electron chi connectivity index (χ4n) is 3.02. The predicted octanol–water partition coefficient (Wildman–Crippen LogP) is 5.21. The zero-order valence-electron chi connectivity index (χ0n) is 16.7. The van der Waals surface area contributed by atoms with Gasteiger partial charge in [0.2, 0.25) is 0 Å². The summed E-state index contributed by atoms with van der Waals surface area (Å²) in [5.74, 6) is 0.915. The van der Waals surface area contributed by atoms with Crippen LogP contribution >= 0.6 is 0 Å². The molecule has 0 aliphatic rings. The first-order chi connectivity index (χ1) is 14.0. The Kier molecular flexibility index (Phi) is 6.50. The maximum atomic E-state index is 13.1. The van der Waals surface area contributed by atoms with E-state index in [1.54, 1.807) is 37.4 Å². The lowest BCUT2D eigenvalue weighted by molar-refractivity contribution is 0.0939. The van der Waals surface area contributed by atoms with Gasteiger partial charge in [0.1, 0.15) is 23.9 Å². The van der Waals surface area contributed by atoms with E-state index in [0.717, 1.165) is 22.4 Å². The summed E-state index contributed by atoms with van der Waals surface area (Å²) in [6.07, 6.45) is 0. The van der Waals surface area contributed by atoms with E-state index in [9.17, 15) is 9.18 Å². The Morgan fingerprint density at radius 3 is 2.45 bits per heavy atom. The second-order valence-electron chi connectivity index (χ2n) is 6.83. The Morgan fingerprint density at radius 1 is 1.03 bits per heavy atom. The Labute approximate surface area is 170 Å². The first kappa shape index (κ1) is 20.4. The van der Waals surface area contributed by atoms with E-state index in [-0.39, 0.29) is 24.4 Å². The zero-order chi connectivity index (χ0) is 20.8. The predicted molar refractivity (Wildman–Crippen MR) is 111 cm³/mol. The molecule has 0 fully saturated rings. The van der Waals surface area contributed by atoms with Gasteiger partial charge in [-0.05, 0) is 61.4 Å². The number of rotatable bonds is 7. The summed E-state index contributed by atoms with van der Waals surface area (Å²) in [5.41, 5.74) is 3.14. The van der Waals surface area contributed by atoms with Gasteiger partial charge >= 0.3 is 0 Å². The Bertz CT molecular complexity index is 986. The van der Waals surface area contributed by atoms with Crippen LogP contribution in [0.2, 0.25) is 0 Å². The molecule has 0 saturated heterocycles. The van der Waals surface area contributed by atoms with Crippen LogP contribution in [0.1, 0.15) is 40.0 Å². The number of hydrogen-bond donors (Lipinski definition) is 1. The molecule has 0 spiro atoms. The molecule has 5 heteroatoms. The smallest absolute Gasteiger partial charge is 0.251 e. The molecule has 0 aliphatic heterocycles. The SMILES string of the molecule is COc1ccc(C(=O)NC(C)c2ccc(F)cc2)cc1COc1ccccc1C. The molecule has 3 aromatic carbocycles. The van der Waals surface area contributed by atoms with E-state index in [4.69, 9.17) is 9.47 Å². The first-order valence-electron chi connectivity index (χ1n) is 9.39. The van der Waals surface area contributed by atoms with Gasteiger partial charge in [0, 0.05) is 11.1 Å². The molecule has 1 amide bonds. The van der Waals surface area contributed by atoms with Crippen molar-refractivity contribution in [1.82, 2.24) is 5.32 Å². The van der Waals surface area contributed by atoms with Crippen LogP contribution in [0.15, 0.2) is 66.7 Å². The molecule has 0 radical (unpaired) electrons. The molecule has 0 bridgehead atoms. The van der Waals surface area contributed by atoms with E-state index >= 15 is 0 Å². The minimum atomic E-state index is -0.305. The molecule has 0 heterocycles. The monoisotopic (exact) mass is 393 g/mol. The highest BCUT2D eigenvalue weighted by atomic mass is 19.1. The number of aryl methyl sites for hydroxylation is 1. The minimum absolute atomic E-state index is 0.221. The second-order valence-corrected chi connectivity index (χ2v) is 6.83. The lowest BCUT2D eigenvalue weighted by Crippen LogP contribution is -2.26. The van der Waals surface area contributed by atoms with Crippen molar-refractivity contribution in [2.24, 2.45) is 0 Å². The van der Waals surface area contributed by atoms with E-state index in [0.29, 0.717) is 11.3 Å². The highest BCUT2D eigenvalue weighted by molar-refractivity contribution is 5.94. The van der Waals surface area contributed by atoms with Crippen LogP contribution in [-0.4, -0.2) is 13.0 Å². The molecule has 4 nitrogen and oxygen atoms in total. The van der Waals surface area contributed by atoms with Gasteiger partial charge in [0.25, 0.3) is 5.91 Å². The van der Waals surface area contributed by atoms with Crippen molar-refractivity contribution in [1.29, 1.82) is 0 Å². The number of para-hydroxylation sites is 1. The summed E-state index contributed by atoms with van der Waals surface area (Å²) in [4.78, 5) is 12.7. The fraction of sp³-hybridized carbons (Fsp3) is 0.208. The summed E-state index contributed by atoms with van der Waals surface area (Å²) in [5, 5.41) is 2.94. The molecule has 3 aromatic rings. The van der Waals surface area contributed by atoms with Gasteiger partial charge < -0.3 is 14.8 Å². The van der Waals surface area contributed by atoms with Crippen molar-refractivity contribution in [3.8, 4) is 11.5 Å². The van der Waals surface area contributed by atoms with Gasteiger partial charge in [-0.3, -0.25) is 4.79 Å². The van der Waals surface area contributed by atoms with E-state index in [1.165, 1.54) is 12.1 Å². The normalized spacial score (nSPS) is 11.6. The summed E-state index contributed by atoms with van der Waals surface area (Å²) < 4.78 is 24.4. The van der Waals surface area contributed by atoms with Crippen LogP contribution in [0.4, 0.5) is 4.39 Å². The number of hydrogen-bond acceptors (Lipinski definition) is 3. The van der Waals surface area contributed by atoms with Gasteiger partial charge in [0.15, 0.2) is 0 Å². The maximum absolute atomic E-state index is 13.1. The van der Waals surface area contributed by atoms with Gasteiger partial charge in [-0.2, -0.15) is 0 Å². The first-order valence-corrected chi connectivity index (χ1v) is 9.39. The maximum Gasteiger partial charge on any atom is 0.251 e. The number of benzene rings is 3. The van der Waals surface area contributed by atoms with E-state index in [1.807, 2.05) is 38.1 Å². The van der Waals surface area contributed by atoms with Crippen molar-refractivity contribution < 1.29 is 18.7 Å². The Balaban J connectivity index is 1.73. The third-order valence-corrected chi connectivity index (χ3v) is 4.74. The third-order valence-electron chi connectivity index (χ3n) is 4.74. The standard InChI is InChI=1S/C24H24FNO3/c1-16-6-4-5-7-22(16)29-15-20-14-19(10-13-23(20)28-3)24(27)26-17(2)18-8-11-21(25)12-9-18/h4-14,17H,15H2,1-3H3,(H,26,27). The fourth-order valence-corrected chi connectivity index (χ4v) is 3.02. The summed E-state index contributed by atoms with van der Waals surface area (Å²) in [6, 6.07) is 18.8. The van der Waals surface area contributed by atoms with Gasteiger partial charge in [-0.25, -0.2) is 4.39 Å². The minimum Gasteiger partial charge on any atom is -0.496 e. The van der Waals surface area contributed by atoms with Crippen LogP contribution in [0.5, 0.6) is 11.5 Å². The molecule has 0 aliphatic carbocycles. The number of carbonyl (C=O) groups is 1. The average molecular weight is 393 g/mol. The number of ether oxygens (including phenoxy) is 2. The van der Waals surface area contributed by atoms with Gasteiger partial charge in [0.05, 0.1) is 13.2 Å². The number of amides is 1. The highest BCUT2D eigenvalue weighted by Crippen LogP contribution is 2.24. The van der Waals surface area contributed by atoms with Gasteiger partial charge in [-0.15, -0.1) is 0 Å². The number of carbonyl (C=O) groups excluding carboxylic acids is 1. The van der Waals surface area contributed by atoms with Crippen molar-refractivity contribution in [3.05, 3.63) is 94.8 Å². The topological polar surface area (TPSA) is 47.6 Å². The number of methoxy groups -OCH3 is 1. The van der Waals surface area contributed by atoms with Crippen LogP contribution in [0.3, 0.4) is 0 Å². The molecule has 1 unspecified atom stereocenters. The van der Waals surface area contributed by atoms with E-state index in [2.05, 4.69) is 5.32 Å². The highest BCUT2D eigenvalue weighted by Gasteiger charge is 2.14. The molecular weight excluding hydrogens is 369 g/mol. The van der Waals surface area contributed by atoms with Crippen molar-refractivity contribution in [2.75, 3.05) is 7.11 Å².